The molecule has 1 aromatic carbocycles. The highest BCUT2D eigenvalue weighted by Crippen LogP contribution is 2.08. The second-order valence-corrected chi connectivity index (χ2v) is 2.93. The molecule has 0 aromatic heterocycles. The Morgan fingerprint density at radius 1 is 1.57 bits per heavy atom. The van der Waals surface area contributed by atoms with Gasteiger partial charge >= 0.3 is 5.97 Å². The number of esters is 1. The van der Waals surface area contributed by atoms with Gasteiger partial charge in [0.1, 0.15) is 11.9 Å². The SMILES string of the molecule is COC(=O)[C@@H](N)Cc1ccccc1F. The maximum atomic E-state index is 13.1. The summed E-state index contributed by atoms with van der Waals surface area (Å²) in [5.41, 5.74) is 5.91. The Bertz CT molecular complexity index is 328. The Morgan fingerprint density at radius 2 is 2.21 bits per heavy atom. The van der Waals surface area contributed by atoms with E-state index < -0.39 is 12.0 Å². The third-order valence-electron chi connectivity index (χ3n) is 1.90. The number of hydrogen-bond acceptors (Lipinski definition) is 3. The summed E-state index contributed by atoms with van der Waals surface area (Å²) in [6.45, 7) is 0. The second kappa shape index (κ2) is 4.72. The van der Waals surface area contributed by atoms with Crippen molar-refractivity contribution in [3.8, 4) is 0 Å². The van der Waals surface area contributed by atoms with Gasteiger partial charge in [0.05, 0.1) is 7.11 Å². The number of halogens is 1. The third-order valence-corrected chi connectivity index (χ3v) is 1.90. The number of benzene rings is 1. The lowest BCUT2D eigenvalue weighted by Gasteiger charge is -2.09. The van der Waals surface area contributed by atoms with E-state index in [9.17, 15) is 9.18 Å². The molecule has 0 aliphatic carbocycles. The van der Waals surface area contributed by atoms with E-state index >= 15 is 0 Å². The lowest BCUT2D eigenvalue weighted by Crippen LogP contribution is -2.33. The van der Waals surface area contributed by atoms with Gasteiger partial charge in [-0.05, 0) is 11.6 Å². The zero-order valence-electron chi connectivity index (χ0n) is 7.87. The van der Waals surface area contributed by atoms with E-state index in [0.29, 0.717) is 5.56 Å². The van der Waals surface area contributed by atoms with Crippen LogP contribution in [0.2, 0.25) is 0 Å². The van der Waals surface area contributed by atoms with Crippen LogP contribution in [0.3, 0.4) is 0 Å². The summed E-state index contributed by atoms with van der Waals surface area (Å²) >= 11 is 0. The Balaban J connectivity index is 2.69. The van der Waals surface area contributed by atoms with Crippen molar-refractivity contribution in [2.75, 3.05) is 7.11 Å². The minimum atomic E-state index is -0.808. The lowest BCUT2D eigenvalue weighted by molar-refractivity contribution is -0.142. The highest BCUT2D eigenvalue weighted by Gasteiger charge is 2.15. The summed E-state index contributed by atoms with van der Waals surface area (Å²) in [4.78, 5) is 11.0. The minimum Gasteiger partial charge on any atom is -0.468 e. The van der Waals surface area contributed by atoms with Crippen LogP contribution >= 0.6 is 0 Å². The van der Waals surface area contributed by atoms with Crippen molar-refractivity contribution >= 4 is 5.97 Å². The molecule has 1 rings (SSSR count). The quantitative estimate of drug-likeness (QED) is 0.731. The molecule has 0 fully saturated rings. The van der Waals surface area contributed by atoms with E-state index in [1.807, 2.05) is 0 Å². The molecule has 14 heavy (non-hydrogen) atoms. The van der Waals surface area contributed by atoms with Crippen molar-refractivity contribution in [3.63, 3.8) is 0 Å². The molecule has 0 radical (unpaired) electrons. The molecule has 2 N–H and O–H groups in total. The molecule has 0 amide bonds. The molecule has 0 spiro atoms. The Kier molecular flexibility index (Phi) is 3.59. The van der Waals surface area contributed by atoms with Gasteiger partial charge in [0.15, 0.2) is 0 Å². The van der Waals surface area contributed by atoms with Crippen molar-refractivity contribution in [1.29, 1.82) is 0 Å². The summed E-state index contributed by atoms with van der Waals surface area (Å²) < 4.78 is 17.5. The van der Waals surface area contributed by atoms with Crippen LogP contribution in [-0.2, 0) is 16.0 Å². The fourth-order valence-corrected chi connectivity index (χ4v) is 1.14. The number of hydrogen-bond donors (Lipinski definition) is 1. The molecule has 0 saturated heterocycles. The zero-order chi connectivity index (χ0) is 10.6. The van der Waals surface area contributed by atoms with E-state index in [1.165, 1.54) is 13.2 Å². The molecule has 4 heteroatoms. The van der Waals surface area contributed by atoms with Crippen LogP contribution in [0, 0.1) is 5.82 Å². The van der Waals surface area contributed by atoms with Crippen LogP contribution < -0.4 is 5.73 Å². The maximum absolute atomic E-state index is 13.1. The van der Waals surface area contributed by atoms with Crippen molar-refractivity contribution < 1.29 is 13.9 Å². The smallest absolute Gasteiger partial charge is 0.322 e. The molecule has 3 nitrogen and oxygen atoms in total. The number of nitrogens with two attached hydrogens (primary N) is 1. The summed E-state index contributed by atoms with van der Waals surface area (Å²) in [6, 6.07) is 5.40. The minimum absolute atomic E-state index is 0.152. The number of carbonyl (C=O) groups excluding carboxylic acids is 1. The molecule has 0 bridgehead atoms. The van der Waals surface area contributed by atoms with E-state index in [2.05, 4.69) is 4.74 Å². The van der Waals surface area contributed by atoms with Crippen molar-refractivity contribution in [3.05, 3.63) is 35.6 Å². The van der Waals surface area contributed by atoms with Crippen LogP contribution in [0.25, 0.3) is 0 Å². The molecule has 0 aliphatic heterocycles. The Labute approximate surface area is 81.7 Å². The fourth-order valence-electron chi connectivity index (χ4n) is 1.14. The number of rotatable bonds is 3. The summed E-state index contributed by atoms with van der Waals surface area (Å²) in [5, 5.41) is 0. The molecule has 76 valence electrons. The summed E-state index contributed by atoms with van der Waals surface area (Å²) in [6.07, 6.45) is 0.152. The first kappa shape index (κ1) is 10.7. The van der Waals surface area contributed by atoms with Gasteiger partial charge in [-0.2, -0.15) is 0 Å². The normalized spacial score (nSPS) is 12.2. The van der Waals surface area contributed by atoms with E-state index in [0.717, 1.165) is 0 Å². The average Bonchev–Trinajstić information content (AvgIpc) is 2.20. The van der Waals surface area contributed by atoms with Gasteiger partial charge in [-0.1, -0.05) is 18.2 Å². The van der Waals surface area contributed by atoms with E-state index in [4.69, 9.17) is 5.73 Å². The Morgan fingerprint density at radius 3 is 2.79 bits per heavy atom. The molecule has 0 aliphatic rings. The first-order chi connectivity index (χ1) is 6.65. The van der Waals surface area contributed by atoms with Gasteiger partial charge in [0.25, 0.3) is 0 Å². The van der Waals surface area contributed by atoms with E-state index in [-0.39, 0.29) is 12.2 Å². The monoisotopic (exact) mass is 197 g/mol. The molecule has 0 saturated carbocycles. The van der Waals surface area contributed by atoms with Crippen LogP contribution in [0.5, 0.6) is 0 Å². The number of carbonyl (C=O) groups is 1. The first-order valence-electron chi connectivity index (χ1n) is 4.22. The number of methoxy groups -OCH3 is 1. The van der Waals surface area contributed by atoms with Gasteiger partial charge in [-0.3, -0.25) is 4.79 Å². The van der Waals surface area contributed by atoms with Crippen LogP contribution in [0.4, 0.5) is 4.39 Å². The molecule has 1 aromatic rings. The topological polar surface area (TPSA) is 52.3 Å². The van der Waals surface area contributed by atoms with E-state index in [1.54, 1.807) is 18.2 Å². The standard InChI is InChI=1S/C10H12FNO2/c1-14-10(13)9(12)6-7-4-2-3-5-8(7)11/h2-5,9H,6,12H2,1H3/t9-/m0/s1. The van der Waals surface area contributed by atoms with Crippen LogP contribution in [-0.4, -0.2) is 19.1 Å². The van der Waals surface area contributed by atoms with Gasteiger partial charge in [-0.15, -0.1) is 0 Å². The highest BCUT2D eigenvalue weighted by molar-refractivity contribution is 5.75. The van der Waals surface area contributed by atoms with Crippen molar-refractivity contribution in [1.82, 2.24) is 0 Å². The summed E-state index contributed by atoms with van der Waals surface area (Å²) in [5.74, 6) is -0.889. The van der Waals surface area contributed by atoms with Crippen molar-refractivity contribution in [2.24, 2.45) is 5.73 Å². The zero-order valence-corrected chi connectivity index (χ0v) is 7.87. The second-order valence-electron chi connectivity index (χ2n) is 2.93. The van der Waals surface area contributed by atoms with Gasteiger partial charge in [-0.25, -0.2) is 4.39 Å². The van der Waals surface area contributed by atoms with Crippen LogP contribution in [0.15, 0.2) is 24.3 Å². The summed E-state index contributed by atoms with van der Waals surface area (Å²) in [7, 11) is 1.25. The lowest BCUT2D eigenvalue weighted by atomic mass is 10.1. The molecular formula is C10H12FNO2. The predicted octanol–water partition coefficient (Wildman–Crippen LogP) is 0.868. The van der Waals surface area contributed by atoms with Gasteiger partial charge < -0.3 is 10.5 Å². The maximum Gasteiger partial charge on any atom is 0.322 e. The highest BCUT2D eigenvalue weighted by atomic mass is 19.1. The molecule has 1 atom stereocenters. The third kappa shape index (κ3) is 2.53. The molecule has 0 heterocycles. The average molecular weight is 197 g/mol. The largest absolute Gasteiger partial charge is 0.468 e. The Hall–Kier alpha value is -1.42. The van der Waals surface area contributed by atoms with Gasteiger partial charge in [0, 0.05) is 6.42 Å². The molecule has 0 unspecified atom stereocenters. The molecular weight excluding hydrogens is 185 g/mol. The van der Waals surface area contributed by atoms with Gasteiger partial charge in [0.2, 0.25) is 0 Å². The predicted molar refractivity (Wildman–Crippen MR) is 50.1 cm³/mol. The number of ether oxygens (including phenoxy) is 1. The van der Waals surface area contributed by atoms with Crippen molar-refractivity contribution in [2.45, 2.75) is 12.5 Å². The first-order valence-corrected chi connectivity index (χ1v) is 4.22. The fraction of sp³-hybridized carbons (Fsp3) is 0.300. The van der Waals surface area contributed by atoms with Crippen LogP contribution in [0.1, 0.15) is 5.56 Å².